The Hall–Kier alpha value is -7.20. The standard InChI is InChI=1S/C47H34N2O.C7H8/c1-30(34-19-9-20-35(27-34)31-13-3-2-4-14-31)49-47(48)41-25-12-26-44-45(41)43-29-36(39-23-10-17-32-15-5-7-21-37(32)39)28-42(46(43)50-44)40-24-11-18-33-16-6-8-22-38(33)40;1-7-5-3-2-4-6-7/h2-29,47,49H,1,48H2;2-6H,1H3. The monoisotopic (exact) mass is 734 g/mol. The second kappa shape index (κ2) is 15.5. The second-order valence-electron chi connectivity index (χ2n) is 14.5. The van der Waals surface area contributed by atoms with Crippen molar-refractivity contribution < 1.29 is 4.42 Å². The molecule has 57 heavy (non-hydrogen) atoms. The summed E-state index contributed by atoms with van der Waals surface area (Å²) in [5.74, 6) is 0. The molecule has 0 aliphatic heterocycles. The van der Waals surface area contributed by atoms with Crippen molar-refractivity contribution in [3.05, 3.63) is 223 Å². The van der Waals surface area contributed by atoms with Crippen molar-refractivity contribution in [1.29, 1.82) is 0 Å². The third-order valence-corrected chi connectivity index (χ3v) is 10.7. The molecular weight excluding hydrogens is 693 g/mol. The average Bonchev–Trinajstić information content (AvgIpc) is 3.65. The molecule has 0 spiro atoms. The van der Waals surface area contributed by atoms with Gasteiger partial charge >= 0.3 is 0 Å². The summed E-state index contributed by atoms with van der Waals surface area (Å²) in [5, 5.41) is 10.3. The van der Waals surface area contributed by atoms with Gasteiger partial charge < -0.3 is 15.5 Å². The van der Waals surface area contributed by atoms with E-state index < -0.39 is 6.17 Å². The number of hydrogen-bond donors (Lipinski definition) is 2. The van der Waals surface area contributed by atoms with Gasteiger partial charge in [0.2, 0.25) is 0 Å². The number of fused-ring (bicyclic) bond motifs is 5. The minimum absolute atomic E-state index is 0.533. The van der Waals surface area contributed by atoms with Crippen LogP contribution in [0.3, 0.4) is 0 Å². The van der Waals surface area contributed by atoms with Crippen LogP contribution in [0.1, 0.15) is 22.9 Å². The first-order chi connectivity index (χ1) is 28.0. The molecule has 0 radical (unpaired) electrons. The van der Waals surface area contributed by atoms with E-state index in [4.69, 9.17) is 10.2 Å². The average molecular weight is 735 g/mol. The minimum Gasteiger partial charge on any atom is -0.455 e. The van der Waals surface area contributed by atoms with E-state index >= 15 is 0 Å². The van der Waals surface area contributed by atoms with Gasteiger partial charge in [0.05, 0.1) is 0 Å². The van der Waals surface area contributed by atoms with Crippen LogP contribution >= 0.6 is 0 Å². The number of aryl methyl sites for hydroxylation is 1. The van der Waals surface area contributed by atoms with Gasteiger partial charge in [-0.1, -0.05) is 188 Å². The molecule has 10 aromatic rings. The third kappa shape index (κ3) is 7.09. The van der Waals surface area contributed by atoms with Crippen molar-refractivity contribution in [3.63, 3.8) is 0 Å². The molecule has 0 aliphatic rings. The van der Waals surface area contributed by atoms with Crippen molar-refractivity contribution in [2.24, 2.45) is 5.73 Å². The Kier molecular flexibility index (Phi) is 9.66. The predicted octanol–water partition coefficient (Wildman–Crippen LogP) is 14.1. The largest absolute Gasteiger partial charge is 0.455 e. The van der Waals surface area contributed by atoms with E-state index in [2.05, 4.69) is 183 Å². The SMILES string of the molecule is C=C(NC(N)c1cccc2oc3c(-c4cccc5ccccc45)cc(-c4cccc5ccccc45)cc3c12)c1cccc(-c2ccccc2)c1.Cc1ccccc1. The van der Waals surface area contributed by atoms with Crippen LogP contribution in [0.25, 0.3) is 82.6 Å². The zero-order chi connectivity index (χ0) is 38.7. The van der Waals surface area contributed by atoms with Gasteiger partial charge in [-0.15, -0.1) is 0 Å². The van der Waals surface area contributed by atoms with Crippen LogP contribution in [0.4, 0.5) is 0 Å². The van der Waals surface area contributed by atoms with Crippen LogP contribution in [0.5, 0.6) is 0 Å². The molecule has 0 bridgehead atoms. The van der Waals surface area contributed by atoms with Gasteiger partial charge in [0, 0.05) is 27.6 Å². The molecule has 1 heterocycles. The Bertz CT molecular complexity index is 3020. The van der Waals surface area contributed by atoms with E-state index in [1.165, 1.54) is 32.7 Å². The molecule has 0 saturated heterocycles. The van der Waals surface area contributed by atoms with E-state index in [-0.39, 0.29) is 0 Å². The van der Waals surface area contributed by atoms with Crippen molar-refractivity contribution in [2.75, 3.05) is 0 Å². The fourth-order valence-corrected chi connectivity index (χ4v) is 7.91. The van der Waals surface area contributed by atoms with E-state index in [1.807, 2.05) is 36.4 Å². The summed E-state index contributed by atoms with van der Waals surface area (Å²) in [6, 6.07) is 69.8. The van der Waals surface area contributed by atoms with Crippen molar-refractivity contribution in [1.82, 2.24) is 5.32 Å². The molecule has 3 nitrogen and oxygen atoms in total. The fourth-order valence-electron chi connectivity index (χ4n) is 7.91. The molecule has 1 aromatic heterocycles. The highest BCUT2D eigenvalue weighted by molar-refractivity contribution is 6.15. The van der Waals surface area contributed by atoms with Gasteiger partial charge in [0.15, 0.2) is 0 Å². The Balaban J connectivity index is 0.000000548. The minimum atomic E-state index is -0.533. The highest BCUT2D eigenvalue weighted by Gasteiger charge is 2.21. The van der Waals surface area contributed by atoms with E-state index in [9.17, 15) is 0 Å². The van der Waals surface area contributed by atoms with Gasteiger partial charge in [0.25, 0.3) is 0 Å². The zero-order valence-electron chi connectivity index (χ0n) is 31.8. The molecule has 0 fully saturated rings. The first kappa shape index (κ1) is 35.5. The van der Waals surface area contributed by atoms with Crippen LogP contribution < -0.4 is 11.1 Å². The molecule has 9 aromatic carbocycles. The lowest BCUT2D eigenvalue weighted by atomic mass is 9.90. The highest BCUT2D eigenvalue weighted by Crippen LogP contribution is 2.44. The van der Waals surface area contributed by atoms with Gasteiger partial charge in [0.1, 0.15) is 17.3 Å². The van der Waals surface area contributed by atoms with Crippen molar-refractivity contribution in [2.45, 2.75) is 13.1 Å². The maximum atomic E-state index is 7.03. The lowest BCUT2D eigenvalue weighted by molar-refractivity contribution is 0.660. The Labute approximate surface area is 333 Å². The van der Waals surface area contributed by atoms with Crippen LogP contribution in [0, 0.1) is 6.92 Å². The number of nitrogens with one attached hydrogen (secondary N) is 1. The van der Waals surface area contributed by atoms with Crippen molar-refractivity contribution >= 4 is 49.2 Å². The first-order valence-electron chi connectivity index (χ1n) is 19.4. The number of hydrogen-bond acceptors (Lipinski definition) is 3. The Morgan fingerprint density at radius 2 is 1.09 bits per heavy atom. The number of rotatable bonds is 7. The van der Waals surface area contributed by atoms with Crippen LogP contribution in [0.2, 0.25) is 0 Å². The topological polar surface area (TPSA) is 51.2 Å². The molecule has 0 saturated carbocycles. The normalized spacial score (nSPS) is 11.7. The number of benzene rings is 9. The molecule has 1 atom stereocenters. The molecule has 274 valence electrons. The van der Waals surface area contributed by atoms with Gasteiger partial charge in [-0.05, 0) is 86.1 Å². The molecule has 0 aliphatic carbocycles. The van der Waals surface area contributed by atoms with Crippen LogP contribution in [0.15, 0.2) is 211 Å². The molecular formula is C54H42N2O. The zero-order valence-corrected chi connectivity index (χ0v) is 31.8. The molecule has 0 amide bonds. The summed E-state index contributed by atoms with van der Waals surface area (Å²) in [6.07, 6.45) is -0.533. The lowest BCUT2D eigenvalue weighted by Crippen LogP contribution is -2.27. The highest BCUT2D eigenvalue weighted by atomic mass is 16.3. The van der Waals surface area contributed by atoms with Gasteiger partial charge in [-0.2, -0.15) is 0 Å². The summed E-state index contributed by atoms with van der Waals surface area (Å²) in [7, 11) is 0. The van der Waals surface area contributed by atoms with Crippen LogP contribution in [-0.2, 0) is 0 Å². The quantitative estimate of drug-likeness (QED) is 0.160. The molecule has 3 N–H and O–H groups in total. The second-order valence-corrected chi connectivity index (χ2v) is 14.5. The number of furan rings is 1. The summed E-state index contributed by atoms with van der Waals surface area (Å²) in [4.78, 5) is 0. The maximum Gasteiger partial charge on any atom is 0.143 e. The summed E-state index contributed by atoms with van der Waals surface area (Å²) in [5.41, 5.74) is 19.4. The Morgan fingerprint density at radius 1 is 0.509 bits per heavy atom. The van der Waals surface area contributed by atoms with Gasteiger partial charge in [-0.3, -0.25) is 0 Å². The lowest BCUT2D eigenvalue weighted by Gasteiger charge is -2.19. The number of nitrogens with two attached hydrogens (primary N) is 1. The fraction of sp³-hybridized carbons (Fsp3) is 0.0370. The van der Waals surface area contributed by atoms with Gasteiger partial charge in [-0.25, -0.2) is 0 Å². The smallest absolute Gasteiger partial charge is 0.143 e. The summed E-state index contributed by atoms with van der Waals surface area (Å²) < 4.78 is 6.80. The first-order valence-corrected chi connectivity index (χ1v) is 19.4. The summed E-state index contributed by atoms with van der Waals surface area (Å²) in [6.45, 7) is 6.49. The van der Waals surface area contributed by atoms with E-state index in [1.54, 1.807) is 0 Å². The summed E-state index contributed by atoms with van der Waals surface area (Å²) >= 11 is 0. The molecule has 1 unspecified atom stereocenters. The molecule has 3 heteroatoms. The van der Waals surface area contributed by atoms with Crippen LogP contribution in [-0.4, -0.2) is 0 Å². The van der Waals surface area contributed by atoms with E-state index in [0.29, 0.717) is 0 Å². The van der Waals surface area contributed by atoms with E-state index in [0.717, 1.165) is 66.6 Å². The predicted molar refractivity (Wildman–Crippen MR) is 242 cm³/mol. The van der Waals surface area contributed by atoms with Crippen molar-refractivity contribution in [3.8, 4) is 33.4 Å². The maximum absolute atomic E-state index is 7.03. The Morgan fingerprint density at radius 3 is 1.79 bits per heavy atom. The third-order valence-electron chi connectivity index (χ3n) is 10.7. The molecule has 10 rings (SSSR count).